The van der Waals surface area contributed by atoms with Gasteiger partial charge in [0.15, 0.2) is 0 Å². The van der Waals surface area contributed by atoms with Crippen molar-refractivity contribution in [2.45, 2.75) is 38.5 Å². The van der Waals surface area contributed by atoms with Gasteiger partial charge in [0.2, 0.25) is 5.91 Å². The number of carbonyl (C=O) groups excluding carboxylic acids is 1. The van der Waals surface area contributed by atoms with Gasteiger partial charge >= 0.3 is 0 Å². The minimum Gasteiger partial charge on any atom is -0.369 e. The summed E-state index contributed by atoms with van der Waals surface area (Å²) in [5, 5.41) is 0. The molecule has 1 rings (SSSR count). The van der Waals surface area contributed by atoms with Crippen molar-refractivity contribution in [3.63, 3.8) is 0 Å². The van der Waals surface area contributed by atoms with Crippen LogP contribution in [-0.2, 0) is 4.79 Å². The van der Waals surface area contributed by atoms with Gasteiger partial charge in [-0.25, -0.2) is 0 Å². The van der Waals surface area contributed by atoms with Crippen molar-refractivity contribution in [3.8, 4) is 0 Å². The molecule has 3 heteroatoms. The molecule has 0 radical (unpaired) electrons. The molecule has 3 nitrogen and oxygen atoms in total. The Morgan fingerprint density at radius 2 is 1.67 bits per heavy atom. The molecule has 12 heavy (non-hydrogen) atoms. The first kappa shape index (κ1) is 9.52. The lowest BCUT2D eigenvalue weighted by molar-refractivity contribution is -0.127. The van der Waals surface area contributed by atoms with E-state index in [1.165, 1.54) is 12.8 Å². The zero-order valence-electron chi connectivity index (χ0n) is 7.51. The molecule has 0 aromatic carbocycles. The fraction of sp³-hybridized carbons (Fsp3) is 0.889. The van der Waals surface area contributed by atoms with Crippen LogP contribution in [0, 0.1) is 5.41 Å². The average molecular weight is 170 g/mol. The molecule has 0 aromatic rings. The van der Waals surface area contributed by atoms with Gasteiger partial charge in [-0.3, -0.25) is 4.79 Å². The highest BCUT2D eigenvalue weighted by atomic mass is 16.1. The second kappa shape index (κ2) is 3.90. The van der Waals surface area contributed by atoms with Gasteiger partial charge < -0.3 is 11.5 Å². The SMILES string of the molecule is NCC1(C(N)=O)CCCCCC1. The van der Waals surface area contributed by atoms with Crippen LogP contribution < -0.4 is 11.5 Å². The summed E-state index contributed by atoms with van der Waals surface area (Å²) in [5.41, 5.74) is 10.6. The minimum absolute atomic E-state index is 0.202. The summed E-state index contributed by atoms with van der Waals surface area (Å²) in [7, 11) is 0. The van der Waals surface area contributed by atoms with E-state index in [1.807, 2.05) is 0 Å². The van der Waals surface area contributed by atoms with Crippen LogP contribution in [0.2, 0.25) is 0 Å². The highest BCUT2D eigenvalue weighted by molar-refractivity contribution is 5.81. The average Bonchev–Trinajstić information content (AvgIpc) is 2.29. The zero-order chi connectivity index (χ0) is 9.03. The summed E-state index contributed by atoms with van der Waals surface area (Å²) in [6.45, 7) is 0.419. The molecule has 1 aliphatic rings. The molecule has 0 aromatic heterocycles. The normalized spacial score (nSPS) is 23.1. The Morgan fingerprint density at radius 1 is 1.17 bits per heavy atom. The second-order valence-electron chi connectivity index (χ2n) is 3.76. The van der Waals surface area contributed by atoms with Crippen molar-refractivity contribution in [1.29, 1.82) is 0 Å². The maximum absolute atomic E-state index is 11.2. The molecule has 1 amide bonds. The molecule has 0 unspecified atom stereocenters. The number of primary amides is 1. The predicted molar refractivity (Wildman–Crippen MR) is 48.4 cm³/mol. The van der Waals surface area contributed by atoms with E-state index in [9.17, 15) is 4.79 Å². The first-order chi connectivity index (χ1) is 5.71. The van der Waals surface area contributed by atoms with E-state index in [0.29, 0.717) is 6.54 Å². The van der Waals surface area contributed by atoms with Crippen LogP contribution in [0.4, 0.5) is 0 Å². The van der Waals surface area contributed by atoms with Crippen molar-refractivity contribution in [2.75, 3.05) is 6.54 Å². The minimum atomic E-state index is -0.378. The number of hydrogen-bond acceptors (Lipinski definition) is 2. The topological polar surface area (TPSA) is 69.1 Å². The van der Waals surface area contributed by atoms with Crippen LogP contribution in [0.25, 0.3) is 0 Å². The van der Waals surface area contributed by atoms with Gasteiger partial charge in [-0.15, -0.1) is 0 Å². The van der Waals surface area contributed by atoms with Gasteiger partial charge in [-0.1, -0.05) is 25.7 Å². The number of hydrogen-bond donors (Lipinski definition) is 2. The van der Waals surface area contributed by atoms with E-state index in [-0.39, 0.29) is 11.3 Å². The molecule has 0 saturated heterocycles. The van der Waals surface area contributed by atoms with Crippen LogP contribution >= 0.6 is 0 Å². The number of nitrogens with two attached hydrogens (primary N) is 2. The van der Waals surface area contributed by atoms with Crippen LogP contribution in [0.1, 0.15) is 38.5 Å². The van der Waals surface area contributed by atoms with E-state index >= 15 is 0 Å². The summed E-state index contributed by atoms with van der Waals surface area (Å²) in [6, 6.07) is 0. The van der Waals surface area contributed by atoms with Gasteiger partial charge in [0.25, 0.3) is 0 Å². The van der Waals surface area contributed by atoms with Gasteiger partial charge in [0, 0.05) is 6.54 Å². The maximum Gasteiger partial charge on any atom is 0.224 e. The molecule has 1 saturated carbocycles. The molecular weight excluding hydrogens is 152 g/mol. The second-order valence-corrected chi connectivity index (χ2v) is 3.76. The summed E-state index contributed by atoms with van der Waals surface area (Å²) in [5.74, 6) is -0.202. The summed E-state index contributed by atoms with van der Waals surface area (Å²) in [4.78, 5) is 11.2. The molecule has 1 aliphatic carbocycles. The summed E-state index contributed by atoms with van der Waals surface area (Å²) < 4.78 is 0. The largest absolute Gasteiger partial charge is 0.369 e. The first-order valence-electron chi connectivity index (χ1n) is 4.71. The van der Waals surface area contributed by atoms with E-state index in [4.69, 9.17) is 11.5 Å². The lowest BCUT2D eigenvalue weighted by atomic mass is 9.80. The number of rotatable bonds is 2. The first-order valence-corrected chi connectivity index (χ1v) is 4.71. The third-order valence-electron chi connectivity index (χ3n) is 2.97. The standard InChI is InChI=1S/C9H18N2O/c10-7-9(8(11)12)5-3-1-2-4-6-9/h1-7,10H2,(H2,11,12). The quantitative estimate of drug-likeness (QED) is 0.601. The van der Waals surface area contributed by atoms with Crippen LogP contribution in [0.3, 0.4) is 0 Å². The van der Waals surface area contributed by atoms with E-state index in [2.05, 4.69) is 0 Å². The summed E-state index contributed by atoms with van der Waals surface area (Å²) in [6.07, 6.45) is 6.40. The van der Waals surface area contributed by atoms with Gasteiger partial charge in [-0.05, 0) is 12.8 Å². The smallest absolute Gasteiger partial charge is 0.224 e. The Balaban J connectivity index is 2.68. The highest BCUT2D eigenvalue weighted by Crippen LogP contribution is 2.33. The van der Waals surface area contributed by atoms with Crippen molar-refractivity contribution in [3.05, 3.63) is 0 Å². The number of carbonyl (C=O) groups is 1. The lowest BCUT2D eigenvalue weighted by Crippen LogP contribution is -2.42. The van der Waals surface area contributed by atoms with Crippen LogP contribution in [0.5, 0.6) is 0 Å². The van der Waals surface area contributed by atoms with Crippen molar-refractivity contribution in [2.24, 2.45) is 16.9 Å². The van der Waals surface area contributed by atoms with Crippen LogP contribution in [-0.4, -0.2) is 12.5 Å². The van der Waals surface area contributed by atoms with Crippen molar-refractivity contribution < 1.29 is 4.79 Å². The van der Waals surface area contributed by atoms with Gasteiger partial charge in [0.1, 0.15) is 0 Å². The van der Waals surface area contributed by atoms with Crippen LogP contribution in [0.15, 0.2) is 0 Å². The fourth-order valence-corrected chi connectivity index (χ4v) is 1.96. The Hall–Kier alpha value is -0.570. The fourth-order valence-electron chi connectivity index (χ4n) is 1.96. The molecule has 4 N–H and O–H groups in total. The molecule has 0 atom stereocenters. The highest BCUT2D eigenvalue weighted by Gasteiger charge is 2.35. The molecule has 0 spiro atoms. The molecule has 70 valence electrons. The monoisotopic (exact) mass is 170 g/mol. The lowest BCUT2D eigenvalue weighted by Gasteiger charge is -2.26. The molecule has 0 bridgehead atoms. The van der Waals surface area contributed by atoms with E-state index in [1.54, 1.807) is 0 Å². The van der Waals surface area contributed by atoms with E-state index in [0.717, 1.165) is 25.7 Å². The molecule has 0 aliphatic heterocycles. The molecule has 0 heterocycles. The van der Waals surface area contributed by atoms with Gasteiger partial charge in [0.05, 0.1) is 5.41 Å². The zero-order valence-corrected chi connectivity index (χ0v) is 7.51. The maximum atomic E-state index is 11.2. The third-order valence-corrected chi connectivity index (χ3v) is 2.97. The Bertz CT molecular complexity index is 160. The number of amides is 1. The Kier molecular flexibility index (Phi) is 3.09. The third kappa shape index (κ3) is 1.78. The van der Waals surface area contributed by atoms with Crippen molar-refractivity contribution >= 4 is 5.91 Å². The van der Waals surface area contributed by atoms with E-state index < -0.39 is 0 Å². The van der Waals surface area contributed by atoms with Crippen molar-refractivity contribution in [1.82, 2.24) is 0 Å². The molecule has 1 fully saturated rings. The predicted octanol–water partition coefficient (Wildman–Crippen LogP) is 0.771. The Morgan fingerprint density at radius 3 is 2.00 bits per heavy atom. The Labute approximate surface area is 73.5 Å². The van der Waals surface area contributed by atoms with Gasteiger partial charge in [-0.2, -0.15) is 0 Å². The summed E-state index contributed by atoms with van der Waals surface area (Å²) >= 11 is 0. The molecular formula is C9H18N2O.